The van der Waals surface area contributed by atoms with Gasteiger partial charge in [0.2, 0.25) is 5.95 Å². The van der Waals surface area contributed by atoms with E-state index in [1.165, 1.54) is 18.3 Å². The monoisotopic (exact) mass is 749 g/mol. The first kappa shape index (κ1) is 36.6. The summed E-state index contributed by atoms with van der Waals surface area (Å²) in [6.07, 6.45) is -1.11. The van der Waals surface area contributed by atoms with Crippen molar-refractivity contribution in [2.24, 2.45) is 0 Å². The number of alkyl halides is 3. The van der Waals surface area contributed by atoms with E-state index in [2.05, 4.69) is 20.6 Å². The van der Waals surface area contributed by atoms with Crippen molar-refractivity contribution in [3.63, 3.8) is 0 Å². The van der Waals surface area contributed by atoms with E-state index < -0.39 is 63.9 Å². The van der Waals surface area contributed by atoms with Crippen LogP contribution in [0.4, 0.5) is 39.3 Å². The fourth-order valence-electron chi connectivity index (χ4n) is 5.43. The second-order valence-corrected chi connectivity index (χ2v) is 14.1. The standard InChI is InChI=1S/C36H28F5N7O4S/c1-53(51,52)17-16-47(34(50)36(39,40)41)21-22-6-4-8-25(18-22)44-35-42-14-13-29(45-35)31-30-10-2-3-15-48(30)46-32(31)23-7-5-9-26(19-23)43-33(49)27-20-24(37)11-12-28(27)38/h2-15,18-20H,16-17,21H2,1H3,(H,43,49)(H,42,44,45). The molecule has 2 amide bonds. The van der Waals surface area contributed by atoms with Crippen LogP contribution in [0.1, 0.15) is 15.9 Å². The highest BCUT2D eigenvalue weighted by Crippen LogP contribution is 2.35. The van der Waals surface area contributed by atoms with Crippen LogP contribution in [0.2, 0.25) is 0 Å². The van der Waals surface area contributed by atoms with E-state index in [1.54, 1.807) is 59.2 Å². The summed E-state index contributed by atoms with van der Waals surface area (Å²) in [5, 5.41) is 10.4. The van der Waals surface area contributed by atoms with E-state index in [9.17, 15) is 40.0 Å². The summed E-state index contributed by atoms with van der Waals surface area (Å²) in [5.41, 5.74) is 3.16. The van der Waals surface area contributed by atoms with Gasteiger partial charge in [0.15, 0.2) is 0 Å². The molecule has 272 valence electrons. The van der Waals surface area contributed by atoms with Crippen molar-refractivity contribution in [3.8, 4) is 22.5 Å². The quantitative estimate of drug-likeness (QED) is 0.140. The predicted octanol–water partition coefficient (Wildman–Crippen LogP) is 6.67. The predicted molar refractivity (Wildman–Crippen MR) is 187 cm³/mol. The largest absolute Gasteiger partial charge is 0.471 e. The van der Waals surface area contributed by atoms with Gasteiger partial charge >= 0.3 is 12.1 Å². The number of hydrogen-bond acceptors (Lipinski definition) is 8. The van der Waals surface area contributed by atoms with Crippen molar-refractivity contribution in [2.75, 3.05) is 29.2 Å². The van der Waals surface area contributed by atoms with Gasteiger partial charge in [0.05, 0.1) is 28.1 Å². The molecule has 2 N–H and O–H groups in total. The number of halogens is 5. The highest BCUT2D eigenvalue weighted by Gasteiger charge is 2.42. The molecule has 3 aromatic carbocycles. The van der Waals surface area contributed by atoms with E-state index in [-0.39, 0.29) is 17.2 Å². The number of carbonyl (C=O) groups is 2. The van der Waals surface area contributed by atoms with Crippen molar-refractivity contribution in [2.45, 2.75) is 12.7 Å². The van der Waals surface area contributed by atoms with Crippen LogP contribution in [0.25, 0.3) is 28.0 Å². The molecule has 0 aliphatic heterocycles. The molecule has 0 bridgehead atoms. The molecule has 0 saturated heterocycles. The van der Waals surface area contributed by atoms with E-state index in [4.69, 9.17) is 5.10 Å². The maximum atomic E-state index is 14.3. The van der Waals surface area contributed by atoms with Gasteiger partial charge < -0.3 is 15.5 Å². The minimum atomic E-state index is -5.20. The first-order valence-corrected chi connectivity index (χ1v) is 17.8. The van der Waals surface area contributed by atoms with Crippen LogP contribution in [0.3, 0.4) is 0 Å². The molecule has 0 atom stereocenters. The third-order valence-electron chi connectivity index (χ3n) is 7.84. The molecule has 11 nitrogen and oxygen atoms in total. The lowest BCUT2D eigenvalue weighted by molar-refractivity contribution is -0.185. The molecule has 6 rings (SSSR count). The van der Waals surface area contributed by atoms with Gasteiger partial charge in [-0.1, -0.05) is 30.3 Å². The van der Waals surface area contributed by atoms with Gasteiger partial charge in [-0.2, -0.15) is 18.3 Å². The SMILES string of the molecule is CS(=O)(=O)CCN(Cc1cccc(Nc2nccc(-c3c(-c4cccc(NC(=O)c5cc(F)ccc5F)c4)nn4ccccc34)n2)c1)C(=O)C(F)(F)F. The van der Waals surface area contributed by atoms with Crippen LogP contribution in [0, 0.1) is 11.6 Å². The molecule has 0 aliphatic carbocycles. The Bertz CT molecular complexity index is 2460. The number of nitrogens with zero attached hydrogens (tertiary/aromatic N) is 5. The molecule has 0 unspecified atom stereocenters. The Morgan fingerprint density at radius 2 is 1.68 bits per heavy atom. The molecule has 53 heavy (non-hydrogen) atoms. The fourth-order valence-corrected chi connectivity index (χ4v) is 5.98. The number of amides is 2. The van der Waals surface area contributed by atoms with E-state index in [0.717, 1.165) is 24.5 Å². The number of benzene rings is 3. The van der Waals surface area contributed by atoms with Crippen molar-refractivity contribution in [1.82, 2.24) is 24.5 Å². The Labute approximate surface area is 299 Å². The number of aromatic nitrogens is 4. The van der Waals surface area contributed by atoms with Crippen molar-refractivity contribution in [3.05, 3.63) is 126 Å². The average molecular weight is 750 g/mol. The molecule has 17 heteroatoms. The van der Waals surface area contributed by atoms with Crippen LogP contribution in [-0.2, 0) is 21.2 Å². The number of pyridine rings is 1. The van der Waals surface area contributed by atoms with Crippen LogP contribution >= 0.6 is 0 Å². The van der Waals surface area contributed by atoms with Crippen molar-refractivity contribution < 1.29 is 40.0 Å². The van der Waals surface area contributed by atoms with Gasteiger partial charge in [-0.15, -0.1) is 0 Å². The Morgan fingerprint density at radius 3 is 2.45 bits per heavy atom. The van der Waals surface area contributed by atoms with Crippen molar-refractivity contribution in [1.29, 1.82) is 0 Å². The van der Waals surface area contributed by atoms with E-state index in [0.29, 0.717) is 38.6 Å². The smallest absolute Gasteiger partial charge is 0.330 e. The molecule has 6 aromatic rings. The minimum Gasteiger partial charge on any atom is -0.330 e. The van der Waals surface area contributed by atoms with Gasteiger partial charge in [0.25, 0.3) is 5.91 Å². The second kappa shape index (κ2) is 14.8. The van der Waals surface area contributed by atoms with Gasteiger partial charge in [0, 0.05) is 48.7 Å². The number of anilines is 3. The first-order chi connectivity index (χ1) is 25.1. The van der Waals surface area contributed by atoms with Crippen LogP contribution in [0.5, 0.6) is 0 Å². The lowest BCUT2D eigenvalue weighted by Gasteiger charge is -2.23. The Hall–Kier alpha value is -6.23. The maximum Gasteiger partial charge on any atom is 0.471 e. The van der Waals surface area contributed by atoms with Crippen LogP contribution in [-0.4, -0.2) is 69.4 Å². The number of carbonyl (C=O) groups excluding carboxylic acids is 2. The topological polar surface area (TPSA) is 139 Å². The fraction of sp³-hybridized carbons (Fsp3) is 0.139. The molecule has 0 spiro atoms. The lowest BCUT2D eigenvalue weighted by Crippen LogP contribution is -2.42. The molecule has 0 aliphatic rings. The summed E-state index contributed by atoms with van der Waals surface area (Å²) in [6.45, 7) is -1.16. The van der Waals surface area contributed by atoms with Gasteiger partial charge in [-0.05, 0) is 66.2 Å². The highest BCUT2D eigenvalue weighted by molar-refractivity contribution is 7.90. The average Bonchev–Trinajstić information content (AvgIpc) is 3.50. The lowest BCUT2D eigenvalue weighted by atomic mass is 10.0. The van der Waals surface area contributed by atoms with E-state index in [1.807, 2.05) is 12.1 Å². The zero-order valence-electron chi connectivity index (χ0n) is 27.6. The number of fused-ring (bicyclic) bond motifs is 1. The molecule has 3 aromatic heterocycles. The summed E-state index contributed by atoms with van der Waals surface area (Å²) in [7, 11) is -3.65. The van der Waals surface area contributed by atoms with E-state index >= 15 is 0 Å². The highest BCUT2D eigenvalue weighted by atomic mass is 32.2. The third kappa shape index (κ3) is 8.81. The summed E-state index contributed by atoms with van der Waals surface area (Å²) < 4.78 is 92.9. The Kier molecular flexibility index (Phi) is 10.2. The number of rotatable bonds is 11. The van der Waals surface area contributed by atoms with Crippen LogP contribution in [0.15, 0.2) is 103 Å². The number of sulfone groups is 1. The number of nitrogens with one attached hydrogen (secondary N) is 2. The minimum absolute atomic E-state index is 0.110. The molecule has 0 radical (unpaired) electrons. The van der Waals surface area contributed by atoms with Gasteiger partial charge in [-0.3, -0.25) is 9.59 Å². The summed E-state index contributed by atoms with van der Waals surface area (Å²) in [4.78, 5) is 34.3. The Morgan fingerprint density at radius 1 is 0.906 bits per heavy atom. The zero-order valence-corrected chi connectivity index (χ0v) is 28.4. The normalized spacial score (nSPS) is 11.7. The molecular formula is C36H28F5N7O4S. The summed E-state index contributed by atoms with van der Waals surface area (Å²) in [5.74, 6) is -5.19. The molecule has 0 saturated carbocycles. The third-order valence-corrected chi connectivity index (χ3v) is 8.76. The molecule has 3 heterocycles. The molecular weight excluding hydrogens is 721 g/mol. The van der Waals surface area contributed by atoms with Gasteiger partial charge in [-0.25, -0.2) is 31.7 Å². The number of hydrogen-bond donors (Lipinski definition) is 2. The molecule has 0 fully saturated rings. The summed E-state index contributed by atoms with van der Waals surface area (Å²) >= 11 is 0. The Balaban J connectivity index is 1.29. The zero-order chi connectivity index (χ0) is 37.9. The van der Waals surface area contributed by atoms with Gasteiger partial charge in [0.1, 0.15) is 27.2 Å². The maximum absolute atomic E-state index is 14.3. The second-order valence-electron chi connectivity index (χ2n) is 11.9. The van der Waals surface area contributed by atoms with Crippen molar-refractivity contribution >= 4 is 44.5 Å². The first-order valence-electron chi connectivity index (χ1n) is 15.7. The van der Waals surface area contributed by atoms with Crippen LogP contribution < -0.4 is 10.6 Å². The summed E-state index contributed by atoms with van der Waals surface area (Å²) in [6, 6.07) is 22.4.